The number of furan rings is 1. The molecule has 0 radical (unpaired) electrons. The van der Waals surface area contributed by atoms with Crippen LogP contribution in [0, 0.1) is 0 Å². The van der Waals surface area contributed by atoms with Crippen molar-refractivity contribution in [2.75, 3.05) is 0 Å². The van der Waals surface area contributed by atoms with E-state index in [9.17, 15) is 0 Å². The second kappa shape index (κ2) is 11.5. The minimum absolute atomic E-state index is 0.637. The van der Waals surface area contributed by atoms with Crippen molar-refractivity contribution in [2.45, 2.75) is 12.8 Å². The van der Waals surface area contributed by atoms with Crippen molar-refractivity contribution < 1.29 is 4.42 Å². The normalized spacial score (nSPS) is 13.1. The number of benzene rings is 6. The Labute approximate surface area is 288 Å². The first-order valence-corrected chi connectivity index (χ1v) is 17.0. The van der Waals surface area contributed by atoms with E-state index < -0.39 is 0 Å². The molecule has 0 N–H and O–H groups in total. The maximum absolute atomic E-state index is 6.45. The Balaban J connectivity index is 1.16. The van der Waals surface area contributed by atoms with Crippen LogP contribution in [0.5, 0.6) is 0 Å². The molecule has 1 aliphatic rings. The first-order valence-electron chi connectivity index (χ1n) is 17.0. The third-order valence-corrected chi connectivity index (χ3v) is 9.72. The fraction of sp³-hybridized carbons (Fsp3) is 0.0444. The summed E-state index contributed by atoms with van der Waals surface area (Å²) < 4.78 is 8.80. The van der Waals surface area contributed by atoms with Crippen LogP contribution in [0.4, 0.5) is 0 Å². The Morgan fingerprint density at radius 3 is 2.08 bits per heavy atom. The van der Waals surface area contributed by atoms with Crippen LogP contribution < -0.4 is 0 Å². The van der Waals surface area contributed by atoms with Crippen molar-refractivity contribution >= 4 is 49.3 Å². The SMILES string of the molecule is C1=CCCC(c2nc(-c3ccccc3)nc(-c3cccc4oc5ccc(-c6ccc7c(c6)c6ccccc6n7-c6ccccc6)cc5c34)n2)=C1. The van der Waals surface area contributed by atoms with E-state index in [2.05, 4.69) is 120 Å². The molecule has 5 heteroatoms. The van der Waals surface area contributed by atoms with Crippen LogP contribution in [0.15, 0.2) is 162 Å². The molecule has 9 aromatic rings. The van der Waals surface area contributed by atoms with Crippen molar-refractivity contribution in [3.63, 3.8) is 0 Å². The molecule has 236 valence electrons. The molecule has 0 saturated heterocycles. The maximum Gasteiger partial charge on any atom is 0.164 e. The first kappa shape index (κ1) is 28.4. The Morgan fingerprint density at radius 2 is 1.24 bits per heavy atom. The largest absolute Gasteiger partial charge is 0.456 e. The molecule has 0 atom stereocenters. The molecule has 50 heavy (non-hydrogen) atoms. The van der Waals surface area contributed by atoms with Gasteiger partial charge in [0.15, 0.2) is 17.5 Å². The molecule has 0 aliphatic heterocycles. The Kier molecular flexibility index (Phi) is 6.56. The molecule has 5 nitrogen and oxygen atoms in total. The second-order valence-corrected chi connectivity index (χ2v) is 12.7. The fourth-order valence-corrected chi connectivity index (χ4v) is 7.35. The number of para-hydroxylation sites is 2. The predicted octanol–water partition coefficient (Wildman–Crippen LogP) is 11.6. The highest BCUT2D eigenvalue weighted by Gasteiger charge is 2.20. The average molecular weight is 643 g/mol. The van der Waals surface area contributed by atoms with Gasteiger partial charge in [0.05, 0.1) is 11.0 Å². The molecular weight excluding hydrogens is 613 g/mol. The lowest BCUT2D eigenvalue weighted by molar-refractivity contribution is 0.669. The van der Waals surface area contributed by atoms with Gasteiger partial charge in [0.2, 0.25) is 0 Å². The molecular formula is C45H30N4O. The summed E-state index contributed by atoms with van der Waals surface area (Å²) in [6.45, 7) is 0. The zero-order valence-electron chi connectivity index (χ0n) is 27.1. The van der Waals surface area contributed by atoms with Crippen LogP contribution in [0.3, 0.4) is 0 Å². The quantitative estimate of drug-likeness (QED) is 0.187. The zero-order valence-corrected chi connectivity index (χ0v) is 27.1. The lowest BCUT2D eigenvalue weighted by Crippen LogP contribution is -2.03. The van der Waals surface area contributed by atoms with Gasteiger partial charge in [-0.25, -0.2) is 15.0 Å². The van der Waals surface area contributed by atoms with E-state index in [1.807, 2.05) is 42.5 Å². The van der Waals surface area contributed by atoms with Crippen molar-refractivity contribution in [1.29, 1.82) is 0 Å². The standard InChI is InChI=1S/C45H30N4O/c1-4-13-29(14-5-1)43-46-44(30-15-6-2-7-16-30)48-45(47-43)35-20-12-22-41-42(35)37-28-32(24-26-40(37)50-41)31-23-25-39-36(27-31)34-19-10-11-21-38(34)49(39)33-17-8-3-9-18-33/h1-6,8-15,17-28H,7,16H2. The van der Waals surface area contributed by atoms with Gasteiger partial charge in [0.1, 0.15) is 11.2 Å². The molecule has 10 rings (SSSR count). The number of allylic oxidation sites excluding steroid dienone is 4. The van der Waals surface area contributed by atoms with Crippen molar-refractivity contribution in [3.05, 3.63) is 164 Å². The molecule has 0 saturated carbocycles. The topological polar surface area (TPSA) is 56.7 Å². The zero-order chi connectivity index (χ0) is 33.0. The van der Waals surface area contributed by atoms with Gasteiger partial charge >= 0.3 is 0 Å². The Bertz CT molecular complexity index is 2810. The lowest BCUT2D eigenvalue weighted by atomic mass is 9.99. The number of aromatic nitrogens is 4. The molecule has 1 aliphatic carbocycles. The van der Waals surface area contributed by atoms with Crippen LogP contribution in [-0.4, -0.2) is 19.5 Å². The van der Waals surface area contributed by atoms with Crippen LogP contribution in [0.1, 0.15) is 18.7 Å². The van der Waals surface area contributed by atoms with Gasteiger partial charge in [-0.1, -0.05) is 109 Å². The number of hydrogen-bond acceptors (Lipinski definition) is 4. The van der Waals surface area contributed by atoms with E-state index in [4.69, 9.17) is 19.4 Å². The number of fused-ring (bicyclic) bond motifs is 6. The van der Waals surface area contributed by atoms with Gasteiger partial charge in [-0.05, 0) is 78.1 Å². The van der Waals surface area contributed by atoms with Crippen LogP contribution >= 0.6 is 0 Å². The number of hydrogen-bond donors (Lipinski definition) is 0. The smallest absolute Gasteiger partial charge is 0.164 e. The Morgan fingerprint density at radius 1 is 0.520 bits per heavy atom. The molecule has 6 aromatic carbocycles. The van der Waals surface area contributed by atoms with E-state index in [0.717, 1.165) is 68.3 Å². The van der Waals surface area contributed by atoms with Crippen LogP contribution in [0.25, 0.3) is 88.9 Å². The molecule has 0 bridgehead atoms. The van der Waals surface area contributed by atoms with E-state index in [1.54, 1.807) is 0 Å². The van der Waals surface area contributed by atoms with Gasteiger partial charge in [0.25, 0.3) is 0 Å². The average Bonchev–Trinajstić information content (AvgIpc) is 3.74. The highest BCUT2D eigenvalue weighted by atomic mass is 16.3. The number of rotatable bonds is 5. The van der Waals surface area contributed by atoms with Gasteiger partial charge in [-0.15, -0.1) is 0 Å². The molecule has 0 fully saturated rings. The van der Waals surface area contributed by atoms with E-state index in [0.29, 0.717) is 17.5 Å². The third kappa shape index (κ3) is 4.66. The Hall–Kier alpha value is -6.59. The summed E-state index contributed by atoms with van der Waals surface area (Å²) in [5.74, 6) is 2.01. The van der Waals surface area contributed by atoms with Crippen LogP contribution in [0.2, 0.25) is 0 Å². The summed E-state index contributed by atoms with van der Waals surface area (Å²) in [5.41, 5.74) is 10.4. The van der Waals surface area contributed by atoms with Gasteiger partial charge in [-0.3, -0.25) is 0 Å². The summed E-state index contributed by atoms with van der Waals surface area (Å²) in [4.78, 5) is 15.1. The molecule has 0 spiro atoms. The minimum atomic E-state index is 0.637. The van der Waals surface area contributed by atoms with Gasteiger partial charge in [-0.2, -0.15) is 0 Å². The maximum atomic E-state index is 6.45. The summed E-state index contributed by atoms with van der Waals surface area (Å²) >= 11 is 0. The van der Waals surface area contributed by atoms with Crippen molar-refractivity contribution in [1.82, 2.24) is 19.5 Å². The predicted molar refractivity (Wildman–Crippen MR) is 204 cm³/mol. The monoisotopic (exact) mass is 642 g/mol. The second-order valence-electron chi connectivity index (χ2n) is 12.7. The summed E-state index contributed by atoms with van der Waals surface area (Å²) in [5, 5.41) is 4.48. The molecule has 3 aromatic heterocycles. The van der Waals surface area contributed by atoms with Gasteiger partial charge < -0.3 is 8.98 Å². The minimum Gasteiger partial charge on any atom is -0.456 e. The fourth-order valence-electron chi connectivity index (χ4n) is 7.35. The highest BCUT2D eigenvalue weighted by Crippen LogP contribution is 2.40. The summed E-state index contributed by atoms with van der Waals surface area (Å²) in [6.07, 6.45) is 8.25. The third-order valence-electron chi connectivity index (χ3n) is 9.72. The van der Waals surface area contributed by atoms with Crippen molar-refractivity contribution in [2.24, 2.45) is 0 Å². The van der Waals surface area contributed by atoms with E-state index >= 15 is 0 Å². The van der Waals surface area contributed by atoms with E-state index in [-0.39, 0.29) is 0 Å². The molecule has 0 unspecified atom stereocenters. The van der Waals surface area contributed by atoms with Crippen molar-refractivity contribution in [3.8, 4) is 39.6 Å². The lowest BCUT2D eigenvalue weighted by Gasteiger charge is -2.12. The summed E-state index contributed by atoms with van der Waals surface area (Å²) in [6, 6.07) is 48.8. The van der Waals surface area contributed by atoms with Gasteiger partial charge in [0, 0.05) is 38.4 Å². The number of nitrogens with zero attached hydrogens (tertiary/aromatic N) is 4. The molecule has 3 heterocycles. The van der Waals surface area contributed by atoms with Crippen LogP contribution in [-0.2, 0) is 0 Å². The highest BCUT2D eigenvalue weighted by molar-refractivity contribution is 6.14. The van der Waals surface area contributed by atoms with E-state index in [1.165, 1.54) is 21.8 Å². The molecule has 0 amide bonds. The summed E-state index contributed by atoms with van der Waals surface area (Å²) in [7, 11) is 0. The first-order chi connectivity index (χ1) is 24.8.